The van der Waals surface area contributed by atoms with E-state index in [1.807, 2.05) is 6.07 Å². The van der Waals surface area contributed by atoms with E-state index in [-0.39, 0.29) is 24.4 Å². The predicted molar refractivity (Wildman–Crippen MR) is 88.8 cm³/mol. The van der Waals surface area contributed by atoms with E-state index in [0.29, 0.717) is 19.7 Å². The number of benzene rings is 1. The Kier molecular flexibility index (Phi) is 8.24. The molecule has 124 valence electrons. The van der Waals surface area contributed by atoms with Crippen molar-refractivity contribution in [3.63, 3.8) is 0 Å². The van der Waals surface area contributed by atoms with Crippen molar-refractivity contribution in [3.8, 4) is 5.75 Å². The van der Waals surface area contributed by atoms with Gasteiger partial charge < -0.3 is 20.1 Å². The third-order valence-electron chi connectivity index (χ3n) is 3.77. The molecule has 0 aliphatic heterocycles. The van der Waals surface area contributed by atoms with Gasteiger partial charge in [-0.05, 0) is 42.5 Å². The number of hydrogen-bond donors (Lipinski definition) is 2. The maximum absolute atomic E-state index is 12.0. The lowest BCUT2D eigenvalue weighted by Crippen LogP contribution is -2.38. The summed E-state index contributed by atoms with van der Waals surface area (Å²) in [6.07, 6.45) is 3.12. The molecule has 1 amide bonds. The quantitative estimate of drug-likeness (QED) is 0.750. The van der Waals surface area contributed by atoms with Gasteiger partial charge in [-0.1, -0.05) is 6.07 Å². The topological polar surface area (TPSA) is 59.6 Å². The summed E-state index contributed by atoms with van der Waals surface area (Å²) in [5.74, 6) is 0.904. The molecule has 1 aromatic carbocycles. The Hall–Kier alpha value is -1.30. The molecule has 0 spiro atoms. The third kappa shape index (κ3) is 5.16. The molecular formula is C16H25ClN2O3. The maximum atomic E-state index is 12.0. The van der Waals surface area contributed by atoms with Gasteiger partial charge in [-0.25, -0.2) is 0 Å². The third-order valence-corrected chi connectivity index (χ3v) is 3.77. The van der Waals surface area contributed by atoms with Crippen LogP contribution < -0.4 is 15.4 Å². The molecule has 0 aromatic heterocycles. The number of methoxy groups -OCH3 is 2. The number of fused-ring (bicyclic) bond motifs is 1. The second-order valence-electron chi connectivity index (χ2n) is 5.25. The van der Waals surface area contributed by atoms with Crippen LogP contribution in [0.4, 0.5) is 0 Å². The van der Waals surface area contributed by atoms with E-state index >= 15 is 0 Å². The minimum absolute atomic E-state index is 0. The van der Waals surface area contributed by atoms with Crippen LogP contribution in [0.5, 0.6) is 5.75 Å². The highest BCUT2D eigenvalue weighted by Crippen LogP contribution is 2.32. The Balaban J connectivity index is 0.00000242. The number of ether oxygens (including phenoxy) is 2. The van der Waals surface area contributed by atoms with Gasteiger partial charge in [-0.15, -0.1) is 12.4 Å². The number of rotatable bonds is 7. The lowest BCUT2D eigenvalue weighted by Gasteiger charge is -2.27. The fourth-order valence-electron chi connectivity index (χ4n) is 2.69. The molecular weight excluding hydrogens is 304 g/mol. The summed E-state index contributed by atoms with van der Waals surface area (Å²) in [4.78, 5) is 12.0. The van der Waals surface area contributed by atoms with E-state index in [1.54, 1.807) is 14.2 Å². The van der Waals surface area contributed by atoms with Crippen molar-refractivity contribution in [2.75, 3.05) is 33.9 Å². The van der Waals surface area contributed by atoms with Crippen LogP contribution in [0.2, 0.25) is 0 Å². The summed E-state index contributed by atoms with van der Waals surface area (Å²) in [5.41, 5.74) is 2.49. The first-order valence-corrected chi connectivity index (χ1v) is 7.40. The van der Waals surface area contributed by atoms with E-state index in [9.17, 15) is 4.79 Å². The molecule has 1 aromatic rings. The van der Waals surface area contributed by atoms with Crippen LogP contribution in [0.1, 0.15) is 30.0 Å². The molecule has 5 nitrogen and oxygen atoms in total. The van der Waals surface area contributed by atoms with Crippen molar-refractivity contribution >= 4 is 18.3 Å². The Labute approximate surface area is 138 Å². The molecule has 1 aliphatic rings. The number of carbonyl (C=O) groups is 1. The number of amides is 1. The van der Waals surface area contributed by atoms with Crippen molar-refractivity contribution in [1.82, 2.24) is 10.6 Å². The first-order valence-electron chi connectivity index (χ1n) is 7.40. The minimum Gasteiger partial charge on any atom is -0.497 e. The number of aryl methyl sites for hydroxylation is 1. The average Bonchev–Trinajstić information content (AvgIpc) is 2.51. The molecule has 1 atom stereocenters. The number of carbonyl (C=O) groups excluding carboxylic acids is 1. The molecule has 1 unspecified atom stereocenters. The molecule has 2 N–H and O–H groups in total. The van der Waals surface area contributed by atoms with Crippen molar-refractivity contribution in [1.29, 1.82) is 0 Å². The van der Waals surface area contributed by atoms with Crippen LogP contribution in [0.25, 0.3) is 0 Å². The van der Waals surface area contributed by atoms with Gasteiger partial charge in [0.05, 0.1) is 26.3 Å². The fraction of sp³-hybridized carbons (Fsp3) is 0.562. The highest BCUT2D eigenvalue weighted by molar-refractivity contribution is 5.85. The average molecular weight is 329 g/mol. The smallest absolute Gasteiger partial charge is 0.234 e. The predicted octanol–water partition coefficient (Wildman–Crippen LogP) is 1.85. The van der Waals surface area contributed by atoms with E-state index in [4.69, 9.17) is 9.47 Å². The second-order valence-corrected chi connectivity index (χ2v) is 5.25. The summed E-state index contributed by atoms with van der Waals surface area (Å²) in [6.45, 7) is 1.62. The van der Waals surface area contributed by atoms with Crippen LogP contribution in [0.15, 0.2) is 18.2 Å². The van der Waals surface area contributed by atoms with Crippen LogP contribution in [-0.4, -0.2) is 39.8 Å². The van der Waals surface area contributed by atoms with Gasteiger partial charge in [0.15, 0.2) is 0 Å². The van der Waals surface area contributed by atoms with Gasteiger partial charge in [0.1, 0.15) is 5.75 Å². The molecule has 0 fully saturated rings. The van der Waals surface area contributed by atoms with E-state index in [1.165, 1.54) is 11.1 Å². The van der Waals surface area contributed by atoms with Crippen LogP contribution in [-0.2, 0) is 16.0 Å². The standard InChI is InChI=1S/C16H24N2O3.ClH/c1-20-9-8-17-11-16(19)18-15-5-3-4-12-10-13(21-2)6-7-14(12)15;/h6-7,10,15,17H,3-5,8-9,11H2,1-2H3,(H,18,19);1H. The van der Waals surface area contributed by atoms with Crippen molar-refractivity contribution in [2.24, 2.45) is 0 Å². The zero-order valence-corrected chi connectivity index (χ0v) is 14.0. The molecule has 6 heteroatoms. The normalized spacial score (nSPS) is 16.4. The van der Waals surface area contributed by atoms with Gasteiger partial charge in [-0.2, -0.15) is 0 Å². The van der Waals surface area contributed by atoms with Crippen molar-refractivity contribution in [3.05, 3.63) is 29.3 Å². The Morgan fingerprint density at radius 1 is 1.36 bits per heavy atom. The summed E-state index contributed by atoms with van der Waals surface area (Å²) in [5, 5.41) is 6.17. The first-order chi connectivity index (χ1) is 10.2. The summed E-state index contributed by atoms with van der Waals surface area (Å²) < 4.78 is 10.2. The van der Waals surface area contributed by atoms with Crippen molar-refractivity contribution in [2.45, 2.75) is 25.3 Å². The zero-order chi connectivity index (χ0) is 15.1. The second kappa shape index (κ2) is 9.66. The Bertz CT molecular complexity index is 482. The number of hydrogen-bond acceptors (Lipinski definition) is 4. The molecule has 0 saturated heterocycles. The summed E-state index contributed by atoms with van der Waals surface area (Å²) in [7, 11) is 3.32. The maximum Gasteiger partial charge on any atom is 0.234 e. The number of nitrogens with one attached hydrogen (secondary N) is 2. The van der Waals surface area contributed by atoms with Gasteiger partial charge in [0.25, 0.3) is 0 Å². The van der Waals surface area contributed by atoms with Crippen LogP contribution in [0, 0.1) is 0 Å². The molecule has 1 aliphatic carbocycles. The van der Waals surface area contributed by atoms with Gasteiger partial charge in [0.2, 0.25) is 5.91 Å². The lowest BCUT2D eigenvalue weighted by molar-refractivity contribution is -0.121. The molecule has 2 rings (SSSR count). The van der Waals surface area contributed by atoms with E-state index in [0.717, 1.165) is 25.0 Å². The van der Waals surface area contributed by atoms with Gasteiger partial charge in [0, 0.05) is 13.7 Å². The highest BCUT2D eigenvalue weighted by atomic mass is 35.5. The highest BCUT2D eigenvalue weighted by Gasteiger charge is 2.21. The fourth-order valence-corrected chi connectivity index (χ4v) is 2.69. The molecule has 0 radical (unpaired) electrons. The van der Waals surface area contributed by atoms with Gasteiger partial charge >= 0.3 is 0 Å². The Morgan fingerprint density at radius 2 is 2.18 bits per heavy atom. The monoisotopic (exact) mass is 328 g/mol. The molecule has 0 bridgehead atoms. The zero-order valence-electron chi connectivity index (χ0n) is 13.2. The lowest BCUT2D eigenvalue weighted by atomic mass is 9.87. The molecule has 0 saturated carbocycles. The molecule has 22 heavy (non-hydrogen) atoms. The Morgan fingerprint density at radius 3 is 2.91 bits per heavy atom. The summed E-state index contributed by atoms with van der Waals surface area (Å²) in [6, 6.07) is 6.21. The van der Waals surface area contributed by atoms with Crippen LogP contribution >= 0.6 is 12.4 Å². The largest absolute Gasteiger partial charge is 0.497 e. The minimum atomic E-state index is 0. The first kappa shape index (κ1) is 18.7. The van der Waals surface area contributed by atoms with Crippen molar-refractivity contribution < 1.29 is 14.3 Å². The van der Waals surface area contributed by atoms with E-state index < -0.39 is 0 Å². The molecule has 0 heterocycles. The van der Waals surface area contributed by atoms with Gasteiger partial charge in [-0.3, -0.25) is 4.79 Å². The SMILES string of the molecule is COCCNCC(=O)NC1CCCc2cc(OC)ccc21.Cl. The van der Waals surface area contributed by atoms with Crippen LogP contribution in [0.3, 0.4) is 0 Å². The van der Waals surface area contributed by atoms with E-state index in [2.05, 4.69) is 22.8 Å². The summed E-state index contributed by atoms with van der Waals surface area (Å²) >= 11 is 0. The number of halogens is 1.